The Morgan fingerprint density at radius 3 is 1.16 bits per heavy atom. The average Bonchev–Trinajstić information content (AvgIpc) is 2.77. The van der Waals surface area contributed by atoms with E-state index in [9.17, 15) is 4.79 Å². The molecule has 0 aliphatic rings. The van der Waals surface area contributed by atoms with Gasteiger partial charge in [-0.15, -0.1) is 0 Å². The van der Waals surface area contributed by atoms with Crippen molar-refractivity contribution in [2.45, 2.75) is 175 Å². The van der Waals surface area contributed by atoms with Gasteiger partial charge in [0.2, 0.25) is 0 Å². The summed E-state index contributed by atoms with van der Waals surface area (Å²) in [6, 6.07) is 0. The molecule has 0 fully saturated rings. The molecule has 0 radical (unpaired) electrons. The van der Waals surface area contributed by atoms with Crippen LogP contribution < -0.4 is 0 Å². The van der Waals surface area contributed by atoms with Crippen molar-refractivity contribution in [3.63, 3.8) is 0 Å². The van der Waals surface area contributed by atoms with Crippen LogP contribution in [0.2, 0.25) is 0 Å². The van der Waals surface area contributed by atoms with Crippen LogP contribution in [0, 0.1) is 11.8 Å². The molecule has 0 bridgehead atoms. The van der Waals surface area contributed by atoms with Gasteiger partial charge in [0.1, 0.15) is 0 Å². The molecular weight excluding hydrogens is 392 g/mol. The summed E-state index contributed by atoms with van der Waals surface area (Å²) in [6.45, 7) is 7.23. The molecule has 0 saturated heterocycles. The third-order valence-electron chi connectivity index (χ3n) is 7.29. The van der Waals surface area contributed by atoms with Crippen molar-refractivity contribution in [3.8, 4) is 0 Å². The van der Waals surface area contributed by atoms with Gasteiger partial charge in [-0.25, -0.2) is 0 Å². The number of carboxylic acids is 1. The Bertz CT molecular complexity index is 379. The lowest BCUT2D eigenvalue weighted by molar-refractivity contribution is -0.137. The minimum Gasteiger partial charge on any atom is -0.481 e. The van der Waals surface area contributed by atoms with Gasteiger partial charge in [0.25, 0.3) is 0 Å². The largest absolute Gasteiger partial charge is 0.481 e. The molecule has 0 aliphatic heterocycles. The number of aliphatic carboxylic acids is 1. The van der Waals surface area contributed by atoms with Crippen molar-refractivity contribution < 1.29 is 9.90 Å². The molecule has 0 saturated carbocycles. The highest BCUT2D eigenvalue weighted by Gasteiger charge is 2.07. The zero-order chi connectivity index (χ0) is 23.7. The number of rotatable bonds is 26. The monoisotopic (exact) mass is 452 g/mol. The molecule has 192 valence electrons. The lowest BCUT2D eigenvalue weighted by atomic mass is 9.91. The van der Waals surface area contributed by atoms with Crippen LogP contribution in [0.25, 0.3) is 0 Å². The third kappa shape index (κ3) is 25.7. The first-order valence-electron chi connectivity index (χ1n) is 14.8. The van der Waals surface area contributed by atoms with Crippen LogP contribution in [-0.2, 0) is 4.79 Å². The van der Waals surface area contributed by atoms with E-state index in [1.807, 2.05) is 0 Å². The molecule has 32 heavy (non-hydrogen) atoms. The van der Waals surface area contributed by atoms with Gasteiger partial charge in [0.15, 0.2) is 0 Å². The number of hydrogen-bond acceptors (Lipinski definition) is 1. The van der Waals surface area contributed by atoms with E-state index in [0.29, 0.717) is 6.42 Å². The molecule has 2 heteroatoms. The SMILES string of the molecule is CCCCCCCCCCCCC(C)CCC(C)CCCCCCCCCCCC(=O)O. The molecular formula is C30H60O2. The summed E-state index contributed by atoms with van der Waals surface area (Å²) in [5.74, 6) is 1.17. The minimum absolute atomic E-state index is 0.344. The number of carbonyl (C=O) groups is 1. The smallest absolute Gasteiger partial charge is 0.303 e. The zero-order valence-corrected chi connectivity index (χ0v) is 22.5. The lowest BCUT2D eigenvalue weighted by Gasteiger charge is -2.15. The van der Waals surface area contributed by atoms with Gasteiger partial charge >= 0.3 is 5.97 Å². The van der Waals surface area contributed by atoms with E-state index in [1.165, 1.54) is 135 Å². The summed E-state index contributed by atoms with van der Waals surface area (Å²) in [5.41, 5.74) is 0. The van der Waals surface area contributed by atoms with Gasteiger partial charge in [0, 0.05) is 6.42 Å². The Kier molecular flexibility index (Phi) is 24.7. The summed E-state index contributed by atoms with van der Waals surface area (Å²) in [6.07, 6.45) is 31.8. The molecule has 0 rings (SSSR count). The maximum atomic E-state index is 10.5. The Labute approximate surface area is 202 Å². The standard InChI is InChI=1S/C30H60O2/c1-4-5-6-7-8-9-11-14-17-20-23-28(2)26-27-29(3)24-21-18-15-12-10-13-16-19-22-25-30(31)32/h28-29H,4-27H2,1-3H3,(H,31,32). The molecule has 0 heterocycles. The van der Waals surface area contributed by atoms with Crippen LogP contribution >= 0.6 is 0 Å². The minimum atomic E-state index is -0.650. The van der Waals surface area contributed by atoms with Gasteiger partial charge in [-0.3, -0.25) is 4.79 Å². The molecule has 0 aromatic heterocycles. The third-order valence-corrected chi connectivity index (χ3v) is 7.29. The topological polar surface area (TPSA) is 37.3 Å². The predicted octanol–water partition coefficient (Wildman–Crippen LogP) is 10.7. The summed E-state index contributed by atoms with van der Waals surface area (Å²) in [4.78, 5) is 10.5. The lowest BCUT2D eigenvalue weighted by Crippen LogP contribution is -2.01. The van der Waals surface area contributed by atoms with Crippen LogP contribution in [0.1, 0.15) is 175 Å². The van der Waals surface area contributed by atoms with E-state index >= 15 is 0 Å². The van der Waals surface area contributed by atoms with E-state index < -0.39 is 5.97 Å². The fourth-order valence-corrected chi connectivity index (χ4v) is 4.84. The number of hydrogen-bond donors (Lipinski definition) is 1. The van der Waals surface area contributed by atoms with Gasteiger partial charge in [-0.05, 0) is 18.3 Å². The first-order chi connectivity index (χ1) is 15.6. The second kappa shape index (κ2) is 25.1. The highest BCUT2D eigenvalue weighted by molar-refractivity contribution is 5.66. The molecule has 0 spiro atoms. The second-order valence-electron chi connectivity index (χ2n) is 10.9. The highest BCUT2D eigenvalue weighted by atomic mass is 16.4. The van der Waals surface area contributed by atoms with Crippen LogP contribution in [-0.4, -0.2) is 11.1 Å². The van der Waals surface area contributed by atoms with Crippen LogP contribution in [0.4, 0.5) is 0 Å². The van der Waals surface area contributed by atoms with Gasteiger partial charge in [0.05, 0.1) is 0 Å². The van der Waals surface area contributed by atoms with Crippen LogP contribution in [0.15, 0.2) is 0 Å². The van der Waals surface area contributed by atoms with Crippen molar-refractivity contribution in [1.29, 1.82) is 0 Å². The number of unbranched alkanes of at least 4 members (excludes halogenated alkanes) is 17. The summed E-state index contributed by atoms with van der Waals surface area (Å²) < 4.78 is 0. The molecule has 0 amide bonds. The van der Waals surface area contributed by atoms with E-state index in [0.717, 1.165) is 24.7 Å². The molecule has 2 unspecified atom stereocenters. The molecule has 2 nitrogen and oxygen atoms in total. The summed E-state index contributed by atoms with van der Waals surface area (Å²) >= 11 is 0. The van der Waals surface area contributed by atoms with Crippen molar-refractivity contribution in [2.24, 2.45) is 11.8 Å². The van der Waals surface area contributed by atoms with Crippen LogP contribution in [0.3, 0.4) is 0 Å². The second-order valence-corrected chi connectivity index (χ2v) is 10.9. The predicted molar refractivity (Wildman–Crippen MR) is 142 cm³/mol. The van der Waals surface area contributed by atoms with Gasteiger partial charge in [-0.2, -0.15) is 0 Å². The van der Waals surface area contributed by atoms with E-state index in [4.69, 9.17) is 5.11 Å². The number of carboxylic acid groups (broad SMARTS) is 1. The quantitative estimate of drug-likeness (QED) is 0.132. The fraction of sp³-hybridized carbons (Fsp3) is 0.967. The van der Waals surface area contributed by atoms with Gasteiger partial charge < -0.3 is 5.11 Å². The summed E-state index contributed by atoms with van der Waals surface area (Å²) in [7, 11) is 0. The van der Waals surface area contributed by atoms with Crippen molar-refractivity contribution in [1.82, 2.24) is 0 Å². The molecule has 0 aromatic carbocycles. The van der Waals surface area contributed by atoms with Crippen molar-refractivity contribution in [2.75, 3.05) is 0 Å². The Morgan fingerprint density at radius 1 is 0.500 bits per heavy atom. The molecule has 1 N–H and O–H groups in total. The molecule has 0 aliphatic carbocycles. The first kappa shape index (κ1) is 31.5. The maximum absolute atomic E-state index is 10.5. The normalized spacial score (nSPS) is 13.3. The average molecular weight is 453 g/mol. The highest BCUT2D eigenvalue weighted by Crippen LogP contribution is 2.22. The van der Waals surface area contributed by atoms with Gasteiger partial charge in [-0.1, -0.05) is 162 Å². The fourth-order valence-electron chi connectivity index (χ4n) is 4.84. The first-order valence-corrected chi connectivity index (χ1v) is 14.8. The maximum Gasteiger partial charge on any atom is 0.303 e. The Morgan fingerprint density at radius 2 is 0.812 bits per heavy atom. The van der Waals surface area contributed by atoms with E-state index in [-0.39, 0.29) is 0 Å². The molecule has 0 aromatic rings. The van der Waals surface area contributed by atoms with Crippen molar-refractivity contribution in [3.05, 3.63) is 0 Å². The van der Waals surface area contributed by atoms with E-state index in [2.05, 4.69) is 20.8 Å². The van der Waals surface area contributed by atoms with Crippen molar-refractivity contribution >= 4 is 5.97 Å². The van der Waals surface area contributed by atoms with E-state index in [1.54, 1.807) is 0 Å². The summed E-state index contributed by atoms with van der Waals surface area (Å²) in [5, 5.41) is 8.63. The van der Waals surface area contributed by atoms with Crippen LogP contribution in [0.5, 0.6) is 0 Å². The Hall–Kier alpha value is -0.530. The molecule has 2 atom stereocenters. The Balaban J connectivity index is 3.30. The zero-order valence-electron chi connectivity index (χ0n) is 22.5.